The highest BCUT2D eigenvalue weighted by Crippen LogP contribution is 2.38. The number of carbonyl (C=O) groups is 1. The highest BCUT2D eigenvalue weighted by molar-refractivity contribution is 7.92. The van der Waals surface area contributed by atoms with Crippen LogP contribution in [0.15, 0.2) is 59.9 Å². The molecule has 1 aliphatic carbocycles. The number of sulfonamides is 1. The summed E-state index contributed by atoms with van der Waals surface area (Å²) in [4.78, 5) is 24.4. The van der Waals surface area contributed by atoms with Gasteiger partial charge in [-0.2, -0.15) is 8.42 Å². The third-order valence-electron chi connectivity index (χ3n) is 6.55. The highest BCUT2D eigenvalue weighted by atomic mass is 35.5. The zero-order chi connectivity index (χ0) is 27.4. The number of nitrogens with zero attached hydrogens (tertiary/aromatic N) is 4. The van der Waals surface area contributed by atoms with Crippen molar-refractivity contribution in [2.45, 2.75) is 42.2 Å². The van der Waals surface area contributed by atoms with Crippen molar-refractivity contribution in [3.05, 3.63) is 76.4 Å². The number of aromatic nitrogens is 2. The van der Waals surface area contributed by atoms with Gasteiger partial charge in [0.15, 0.2) is 5.82 Å². The molecular formula is C25H26Cl2FN5O4S. The first kappa shape index (κ1) is 28.0. The number of halogens is 3. The van der Waals surface area contributed by atoms with Crippen LogP contribution >= 0.6 is 23.2 Å². The minimum Gasteiger partial charge on any atom is -0.379 e. The summed E-state index contributed by atoms with van der Waals surface area (Å²) >= 11 is 12.6. The van der Waals surface area contributed by atoms with Crippen LogP contribution in [0, 0.1) is 5.82 Å². The lowest BCUT2D eigenvalue weighted by atomic mass is 9.78. The molecule has 1 aromatic heterocycles. The predicted octanol–water partition coefficient (Wildman–Crippen LogP) is 4.88. The highest BCUT2D eigenvalue weighted by Gasteiger charge is 2.35. The topological polar surface area (TPSA) is 105 Å². The molecule has 13 heteroatoms. The molecule has 3 atom stereocenters. The Morgan fingerprint density at radius 3 is 2.61 bits per heavy atom. The van der Waals surface area contributed by atoms with Gasteiger partial charge < -0.3 is 15.1 Å². The molecule has 202 valence electrons. The second kappa shape index (κ2) is 11.8. The summed E-state index contributed by atoms with van der Waals surface area (Å²) in [5.74, 6) is -1.04. The van der Waals surface area contributed by atoms with E-state index in [2.05, 4.69) is 31.1 Å². The summed E-state index contributed by atoms with van der Waals surface area (Å²) in [5, 5.41) is 4.00. The first-order chi connectivity index (χ1) is 18.1. The summed E-state index contributed by atoms with van der Waals surface area (Å²) in [6.07, 6.45) is 4.80. The Bertz CT molecular complexity index is 1400. The molecule has 2 aromatic carbocycles. The van der Waals surface area contributed by atoms with Crippen molar-refractivity contribution in [2.75, 3.05) is 23.9 Å². The van der Waals surface area contributed by atoms with Crippen LogP contribution in [0.5, 0.6) is 0 Å². The smallest absolute Gasteiger partial charge is 0.322 e. The second-order valence-corrected chi connectivity index (χ2v) is 11.7. The molecule has 1 fully saturated rings. The van der Waals surface area contributed by atoms with Crippen LogP contribution in [0.4, 0.5) is 15.9 Å². The molecule has 0 saturated heterocycles. The fourth-order valence-corrected chi connectivity index (χ4v) is 6.47. The van der Waals surface area contributed by atoms with E-state index >= 15 is 4.39 Å². The molecule has 0 aliphatic heterocycles. The monoisotopic (exact) mass is 581 g/mol. The average molecular weight is 582 g/mol. The molecule has 0 amide bonds. The first-order valence-corrected chi connectivity index (χ1v) is 13.9. The van der Waals surface area contributed by atoms with Crippen LogP contribution in [0.3, 0.4) is 0 Å². The zero-order valence-corrected chi connectivity index (χ0v) is 22.9. The Labute approximate surface area is 230 Å². The van der Waals surface area contributed by atoms with Crippen LogP contribution in [-0.2, 0) is 19.7 Å². The maximum atomic E-state index is 15.3. The standard InChI is InChI=1S/C25H26Cl2FN5O4S/c1-32(2)23-11-17(16-4-3-5-18(26)10-16)6-7-21(23)31-22-13-20(28)24(12-19(22)27)38(35,36)33(37-15-34)25-8-9-29-14-30-25/h3-5,8-10,12-15,17,21,23,31H,6-7,11H2,1-2H3/t17-,21-,23-/m0/s1. The normalized spacial score (nSPS) is 19.7. The van der Waals surface area contributed by atoms with Gasteiger partial charge in [0.25, 0.3) is 10.0 Å². The Kier molecular flexibility index (Phi) is 8.71. The van der Waals surface area contributed by atoms with Crippen molar-refractivity contribution >= 4 is 51.2 Å². The van der Waals surface area contributed by atoms with Crippen LogP contribution < -0.4 is 9.79 Å². The Morgan fingerprint density at radius 2 is 1.95 bits per heavy atom. The Hall–Kier alpha value is -2.99. The van der Waals surface area contributed by atoms with Gasteiger partial charge in [0.1, 0.15) is 17.0 Å². The number of benzene rings is 2. The van der Waals surface area contributed by atoms with Crippen LogP contribution in [-0.4, -0.2) is 55.9 Å². The van der Waals surface area contributed by atoms with Crippen molar-refractivity contribution in [1.29, 1.82) is 0 Å². The third kappa shape index (κ3) is 6.01. The van der Waals surface area contributed by atoms with E-state index in [4.69, 9.17) is 23.2 Å². The van der Waals surface area contributed by atoms with E-state index in [1.807, 2.05) is 32.3 Å². The second-order valence-electron chi connectivity index (χ2n) is 9.11. The lowest BCUT2D eigenvalue weighted by Crippen LogP contribution is -2.47. The molecule has 0 spiro atoms. The van der Waals surface area contributed by atoms with Crippen LogP contribution in [0.2, 0.25) is 10.0 Å². The average Bonchev–Trinajstić information content (AvgIpc) is 2.89. The predicted molar refractivity (Wildman–Crippen MR) is 143 cm³/mol. The fourth-order valence-electron chi connectivity index (χ4n) is 4.74. The van der Waals surface area contributed by atoms with Crippen LogP contribution in [0.1, 0.15) is 30.7 Å². The number of likely N-dealkylation sites (N-methyl/N-ethyl adjacent to an activating group) is 1. The minimum atomic E-state index is -4.70. The molecule has 0 unspecified atom stereocenters. The van der Waals surface area contributed by atoms with Crippen molar-refractivity contribution in [1.82, 2.24) is 14.9 Å². The summed E-state index contributed by atoms with van der Waals surface area (Å²) in [5.41, 5.74) is 1.43. The molecule has 1 heterocycles. The van der Waals surface area contributed by atoms with Crippen LogP contribution in [0.25, 0.3) is 0 Å². The quantitative estimate of drug-likeness (QED) is 0.281. The molecule has 0 radical (unpaired) electrons. The van der Waals surface area contributed by atoms with E-state index in [1.54, 1.807) is 0 Å². The summed E-state index contributed by atoms with van der Waals surface area (Å²) < 4.78 is 41.8. The molecule has 1 aliphatic rings. The van der Waals surface area contributed by atoms with Crippen molar-refractivity contribution < 1.29 is 22.4 Å². The van der Waals surface area contributed by atoms with Gasteiger partial charge in [0.05, 0.1) is 10.7 Å². The fraction of sp³-hybridized carbons (Fsp3) is 0.320. The van der Waals surface area contributed by atoms with Gasteiger partial charge in [-0.25, -0.2) is 14.4 Å². The van der Waals surface area contributed by atoms with E-state index in [-0.39, 0.29) is 39.6 Å². The number of hydrogen-bond acceptors (Lipinski definition) is 8. The summed E-state index contributed by atoms with van der Waals surface area (Å²) in [7, 11) is -0.745. The Balaban J connectivity index is 1.58. The van der Waals surface area contributed by atoms with Crippen molar-refractivity contribution in [3.8, 4) is 0 Å². The van der Waals surface area contributed by atoms with E-state index in [1.165, 1.54) is 17.8 Å². The van der Waals surface area contributed by atoms with Crippen molar-refractivity contribution in [3.63, 3.8) is 0 Å². The molecule has 4 rings (SSSR count). The van der Waals surface area contributed by atoms with Gasteiger partial charge >= 0.3 is 6.47 Å². The molecule has 3 aromatic rings. The summed E-state index contributed by atoms with van der Waals surface area (Å²) in [6, 6.07) is 11.1. The number of hydrogen-bond donors (Lipinski definition) is 1. The molecule has 38 heavy (non-hydrogen) atoms. The van der Waals surface area contributed by atoms with Gasteiger partial charge in [-0.3, -0.25) is 4.79 Å². The van der Waals surface area contributed by atoms with E-state index in [0.717, 1.165) is 37.7 Å². The van der Waals surface area contributed by atoms with E-state index in [9.17, 15) is 13.2 Å². The van der Waals surface area contributed by atoms with E-state index in [0.29, 0.717) is 10.9 Å². The third-order valence-corrected chi connectivity index (χ3v) is 8.68. The number of carbonyl (C=O) groups excluding carboxylic acids is 1. The Morgan fingerprint density at radius 1 is 1.16 bits per heavy atom. The maximum Gasteiger partial charge on any atom is 0.322 e. The van der Waals surface area contributed by atoms with Gasteiger partial charge in [0.2, 0.25) is 0 Å². The lowest BCUT2D eigenvalue weighted by molar-refractivity contribution is -0.128. The summed E-state index contributed by atoms with van der Waals surface area (Å²) in [6.45, 7) is -0.101. The SMILES string of the molecule is CN(C)[C@H]1C[C@@H](c2cccc(Cl)c2)CC[C@@H]1Nc1cc(F)c(S(=O)(=O)N(OC=O)c2ccncn2)cc1Cl. The largest absolute Gasteiger partial charge is 0.379 e. The maximum absolute atomic E-state index is 15.3. The van der Waals surface area contributed by atoms with Crippen molar-refractivity contribution in [2.24, 2.45) is 0 Å². The van der Waals surface area contributed by atoms with Gasteiger partial charge in [0, 0.05) is 29.4 Å². The molecule has 1 saturated carbocycles. The van der Waals surface area contributed by atoms with Gasteiger partial charge in [-0.05, 0) is 69.1 Å². The molecular weight excluding hydrogens is 556 g/mol. The number of anilines is 2. The minimum absolute atomic E-state index is 0.00631. The van der Waals surface area contributed by atoms with Gasteiger partial charge in [-0.15, -0.1) is 0 Å². The molecule has 1 N–H and O–H groups in total. The number of rotatable bonds is 9. The lowest BCUT2D eigenvalue weighted by Gasteiger charge is -2.41. The molecule has 9 nitrogen and oxygen atoms in total. The number of nitrogens with one attached hydrogen (secondary N) is 1. The van der Waals surface area contributed by atoms with E-state index < -0.39 is 20.7 Å². The first-order valence-electron chi connectivity index (χ1n) is 11.7. The van der Waals surface area contributed by atoms with Gasteiger partial charge in [-0.1, -0.05) is 39.8 Å². The zero-order valence-electron chi connectivity index (χ0n) is 20.6. The molecule has 0 bridgehead atoms.